The van der Waals surface area contributed by atoms with Gasteiger partial charge in [-0.05, 0) is 61.4 Å². The number of hydrogen-bond donors (Lipinski definition) is 3. The van der Waals surface area contributed by atoms with E-state index in [0.717, 1.165) is 12.8 Å². The summed E-state index contributed by atoms with van der Waals surface area (Å²) in [6.07, 6.45) is 2.11. The highest BCUT2D eigenvalue weighted by Crippen LogP contribution is 2.13. The maximum atomic E-state index is 12.2. The van der Waals surface area contributed by atoms with Crippen LogP contribution < -0.4 is 20.9 Å². The monoisotopic (exact) mass is 383 g/mol. The number of carbonyl (C=O) groups is 3. The van der Waals surface area contributed by atoms with Gasteiger partial charge in [-0.15, -0.1) is 0 Å². The average Bonchev–Trinajstić information content (AvgIpc) is 2.71. The number of ether oxygens (including phenoxy) is 1. The minimum atomic E-state index is -0.456. The molecule has 2 aromatic rings. The van der Waals surface area contributed by atoms with Crippen LogP contribution in [0.25, 0.3) is 0 Å². The lowest BCUT2D eigenvalue weighted by Crippen LogP contribution is -2.41. The van der Waals surface area contributed by atoms with Crippen molar-refractivity contribution in [2.45, 2.75) is 33.1 Å². The first-order valence-electron chi connectivity index (χ1n) is 9.27. The van der Waals surface area contributed by atoms with Gasteiger partial charge in [0.15, 0.2) is 0 Å². The minimum Gasteiger partial charge on any atom is -0.494 e. The SMILES string of the molecule is CCCOc1ccc(C(=O)NNC(=O)c2ccc(NC(=O)CCC)cc2)cc1. The summed E-state index contributed by atoms with van der Waals surface area (Å²) < 4.78 is 5.47. The van der Waals surface area contributed by atoms with Crippen LogP contribution in [0, 0.1) is 0 Å². The number of hydrazine groups is 1. The van der Waals surface area contributed by atoms with Crippen molar-refractivity contribution in [2.75, 3.05) is 11.9 Å². The van der Waals surface area contributed by atoms with Gasteiger partial charge in [0.05, 0.1) is 6.61 Å². The van der Waals surface area contributed by atoms with E-state index in [1.54, 1.807) is 48.5 Å². The molecule has 3 amide bonds. The van der Waals surface area contributed by atoms with Crippen LogP contribution in [0.1, 0.15) is 53.8 Å². The zero-order valence-corrected chi connectivity index (χ0v) is 16.1. The molecule has 0 fully saturated rings. The molecule has 0 aromatic heterocycles. The Balaban J connectivity index is 1.85. The molecule has 0 saturated heterocycles. The fourth-order valence-corrected chi connectivity index (χ4v) is 2.34. The Labute approximate surface area is 164 Å². The van der Waals surface area contributed by atoms with Crippen LogP contribution in [0.4, 0.5) is 5.69 Å². The van der Waals surface area contributed by atoms with Gasteiger partial charge in [-0.3, -0.25) is 25.2 Å². The number of amides is 3. The van der Waals surface area contributed by atoms with Crippen molar-refractivity contribution in [1.29, 1.82) is 0 Å². The van der Waals surface area contributed by atoms with Gasteiger partial charge in [-0.25, -0.2) is 0 Å². The quantitative estimate of drug-likeness (QED) is 0.610. The third-order valence-electron chi connectivity index (χ3n) is 3.79. The van der Waals surface area contributed by atoms with Crippen molar-refractivity contribution in [1.82, 2.24) is 10.9 Å². The predicted molar refractivity (Wildman–Crippen MR) is 107 cm³/mol. The fourth-order valence-electron chi connectivity index (χ4n) is 2.34. The van der Waals surface area contributed by atoms with E-state index in [2.05, 4.69) is 16.2 Å². The lowest BCUT2D eigenvalue weighted by molar-refractivity contribution is -0.116. The zero-order chi connectivity index (χ0) is 20.4. The van der Waals surface area contributed by atoms with Crippen molar-refractivity contribution in [3.8, 4) is 5.75 Å². The Morgan fingerprint density at radius 3 is 1.82 bits per heavy atom. The molecular formula is C21H25N3O4. The van der Waals surface area contributed by atoms with E-state index in [-0.39, 0.29) is 5.91 Å². The van der Waals surface area contributed by atoms with Crippen LogP contribution in [0.3, 0.4) is 0 Å². The molecule has 7 nitrogen and oxygen atoms in total. The second-order valence-corrected chi connectivity index (χ2v) is 6.16. The first-order chi connectivity index (χ1) is 13.5. The first-order valence-corrected chi connectivity index (χ1v) is 9.27. The van der Waals surface area contributed by atoms with Crippen LogP contribution in [0.5, 0.6) is 5.75 Å². The third kappa shape index (κ3) is 6.42. The Morgan fingerprint density at radius 1 is 0.786 bits per heavy atom. The predicted octanol–water partition coefficient (Wildman–Crippen LogP) is 3.29. The second-order valence-electron chi connectivity index (χ2n) is 6.16. The van der Waals surface area contributed by atoms with Crippen LogP contribution in [0.2, 0.25) is 0 Å². The van der Waals surface area contributed by atoms with E-state index >= 15 is 0 Å². The van der Waals surface area contributed by atoms with Crippen molar-refractivity contribution < 1.29 is 19.1 Å². The van der Waals surface area contributed by atoms with E-state index in [1.165, 1.54) is 0 Å². The van der Waals surface area contributed by atoms with E-state index in [4.69, 9.17) is 4.74 Å². The highest BCUT2D eigenvalue weighted by atomic mass is 16.5. The molecular weight excluding hydrogens is 358 g/mol. The summed E-state index contributed by atoms with van der Waals surface area (Å²) in [4.78, 5) is 35.9. The number of hydrogen-bond acceptors (Lipinski definition) is 4. The minimum absolute atomic E-state index is 0.0712. The smallest absolute Gasteiger partial charge is 0.269 e. The van der Waals surface area contributed by atoms with Crippen LogP contribution in [-0.4, -0.2) is 24.3 Å². The number of carbonyl (C=O) groups excluding carboxylic acids is 3. The highest BCUT2D eigenvalue weighted by molar-refractivity contribution is 5.99. The second kappa shape index (κ2) is 10.7. The average molecular weight is 383 g/mol. The highest BCUT2D eigenvalue weighted by Gasteiger charge is 2.10. The lowest BCUT2D eigenvalue weighted by atomic mass is 10.2. The van der Waals surface area contributed by atoms with E-state index in [0.29, 0.717) is 35.6 Å². The molecule has 0 bridgehead atoms. The number of anilines is 1. The molecule has 2 rings (SSSR count). The molecule has 7 heteroatoms. The molecule has 0 unspecified atom stereocenters. The van der Waals surface area contributed by atoms with E-state index < -0.39 is 11.8 Å². The molecule has 3 N–H and O–H groups in total. The van der Waals surface area contributed by atoms with Crippen molar-refractivity contribution >= 4 is 23.4 Å². The van der Waals surface area contributed by atoms with Crippen molar-refractivity contribution in [3.63, 3.8) is 0 Å². The molecule has 0 aliphatic carbocycles. The summed E-state index contributed by atoms with van der Waals surface area (Å²) in [6, 6.07) is 13.1. The number of nitrogens with one attached hydrogen (secondary N) is 3. The summed E-state index contributed by atoms with van der Waals surface area (Å²) in [5, 5.41) is 2.75. The molecule has 0 heterocycles. The number of benzene rings is 2. The summed E-state index contributed by atoms with van der Waals surface area (Å²) >= 11 is 0. The Kier molecular flexibility index (Phi) is 8.02. The maximum absolute atomic E-state index is 12.2. The van der Waals surface area contributed by atoms with Crippen LogP contribution in [-0.2, 0) is 4.79 Å². The molecule has 2 aromatic carbocycles. The molecule has 0 aliphatic rings. The fraction of sp³-hybridized carbons (Fsp3) is 0.286. The van der Waals surface area contributed by atoms with Gasteiger partial charge in [0.25, 0.3) is 11.8 Å². The zero-order valence-electron chi connectivity index (χ0n) is 16.1. The summed E-state index contributed by atoms with van der Waals surface area (Å²) in [7, 11) is 0. The Morgan fingerprint density at radius 2 is 1.32 bits per heavy atom. The normalized spacial score (nSPS) is 10.1. The summed E-state index contributed by atoms with van der Waals surface area (Å²) in [6.45, 7) is 4.55. The van der Waals surface area contributed by atoms with Gasteiger partial charge >= 0.3 is 0 Å². The number of rotatable bonds is 8. The first kappa shape index (κ1) is 21.0. The standard InChI is InChI=1S/C21H25N3O4/c1-3-5-19(25)22-17-10-6-15(7-11-17)20(26)23-24-21(27)16-8-12-18(13-9-16)28-14-4-2/h6-13H,3-5,14H2,1-2H3,(H,22,25)(H,23,26)(H,24,27). The van der Waals surface area contributed by atoms with Crippen molar-refractivity contribution in [3.05, 3.63) is 59.7 Å². The van der Waals surface area contributed by atoms with Gasteiger partial charge in [0.2, 0.25) is 5.91 Å². The Bertz CT molecular complexity index is 801. The molecule has 0 atom stereocenters. The third-order valence-corrected chi connectivity index (χ3v) is 3.79. The van der Waals surface area contributed by atoms with E-state index in [1.807, 2.05) is 13.8 Å². The van der Waals surface area contributed by atoms with Gasteiger partial charge in [-0.1, -0.05) is 13.8 Å². The van der Waals surface area contributed by atoms with Gasteiger partial charge in [-0.2, -0.15) is 0 Å². The van der Waals surface area contributed by atoms with Gasteiger partial charge in [0, 0.05) is 23.2 Å². The molecule has 148 valence electrons. The molecule has 0 saturated carbocycles. The van der Waals surface area contributed by atoms with E-state index in [9.17, 15) is 14.4 Å². The van der Waals surface area contributed by atoms with Crippen molar-refractivity contribution in [2.24, 2.45) is 0 Å². The summed E-state index contributed by atoms with van der Waals surface area (Å²) in [5.41, 5.74) is 6.12. The van der Waals surface area contributed by atoms with Crippen LogP contribution >= 0.6 is 0 Å². The van der Waals surface area contributed by atoms with Gasteiger partial charge in [0.1, 0.15) is 5.75 Å². The maximum Gasteiger partial charge on any atom is 0.269 e. The molecule has 0 radical (unpaired) electrons. The molecule has 0 spiro atoms. The molecule has 0 aliphatic heterocycles. The largest absolute Gasteiger partial charge is 0.494 e. The van der Waals surface area contributed by atoms with Gasteiger partial charge < -0.3 is 10.1 Å². The lowest BCUT2D eigenvalue weighted by Gasteiger charge is -2.09. The topological polar surface area (TPSA) is 96.5 Å². The molecule has 28 heavy (non-hydrogen) atoms. The Hall–Kier alpha value is -3.35. The summed E-state index contributed by atoms with van der Waals surface area (Å²) in [5.74, 6) is -0.270. The van der Waals surface area contributed by atoms with Crippen LogP contribution in [0.15, 0.2) is 48.5 Å².